The summed E-state index contributed by atoms with van der Waals surface area (Å²) in [4.78, 5) is 0. The molecule has 2 aromatic rings. The summed E-state index contributed by atoms with van der Waals surface area (Å²) < 4.78 is 29.5. The van der Waals surface area contributed by atoms with Gasteiger partial charge in [0, 0.05) is 16.7 Å². The average Bonchev–Trinajstić information content (AvgIpc) is 2.90. The maximum absolute atomic E-state index is 11.5. The van der Waals surface area contributed by atoms with E-state index in [1.807, 2.05) is 32.9 Å². The molecule has 0 radical (unpaired) electrons. The minimum absolute atomic E-state index is 0.235. The normalized spacial score (nSPS) is 15.4. The molecule has 0 aliphatic heterocycles. The van der Waals surface area contributed by atoms with Gasteiger partial charge in [-0.25, -0.2) is 0 Å². The highest BCUT2D eigenvalue weighted by Gasteiger charge is 2.36. The highest BCUT2D eigenvalue weighted by molar-refractivity contribution is 5.88. The van der Waals surface area contributed by atoms with Gasteiger partial charge >= 0.3 is 0 Å². The number of aromatic hydroxyl groups is 1. The van der Waals surface area contributed by atoms with Gasteiger partial charge in [-0.05, 0) is 63.3 Å². The predicted molar refractivity (Wildman–Crippen MR) is 126 cm³/mol. The van der Waals surface area contributed by atoms with E-state index in [1.165, 1.54) is 0 Å². The molecule has 6 nitrogen and oxygen atoms in total. The van der Waals surface area contributed by atoms with Crippen LogP contribution < -0.4 is 18.9 Å². The fourth-order valence-electron chi connectivity index (χ4n) is 4.57. The third kappa shape index (κ3) is 4.33. The van der Waals surface area contributed by atoms with Gasteiger partial charge < -0.3 is 28.8 Å². The van der Waals surface area contributed by atoms with Crippen LogP contribution in [0, 0.1) is 0 Å². The summed E-state index contributed by atoms with van der Waals surface area (Å²) in [6, 6.07) is 3.91. The Kier molecular flexibility index (Phi) is 7.13. The number of phenols is 1. The smallest absolute Gasteiger partial charge is 0.203 e. The molecule has 0 saturated carbocycles. The van der Waals surface area contributed by atoms with Gasteiger partial charge in [0.15, 0.2) is 11.5 Å². The van der Waals surface area contributed by atoms with E-state index in [0.717, 1.165) is 41.5 Å². The van der Waals surface area contributed by atoms with Crippen LogP contribution in [-0.2, 0) is 17.6 Å². The van der Waals surface area contributed by atoms with Crippen molar-refractivity contribution in [2.45, 2.75) is 65.1 Å². The summed E-state index contributed by atoms with van der Waals surface area (Å²) in [6.07, 6.45) is 2.79. The van der Waals surface area contributed by atoms with Gasteiger partial charge in [0.25, 0.3) is 0 Å². The van der Waals surface area contributed by atoms with Crippen LogP contribution in [0.5, 0.6) is 28.7 Å². The van der Waals surface area contributed by atoms with Crippen LogP contribution in [0.2, 0.25) is 0 Å². The molecular weight excluding hydrogens is 408 g/mol. The molecule has 1 N–H and O–H groups in total. The highest BCUT2D eigenvalue weighted by Crippen LogP contribution is 2.56. The number of hydrogen-bond acceptors (Lipinski definition) is 6. The molecule has 0 heterocycles. The number of fused-ring (bicyclic) bond motifs is 3. The lowest BCUT2D eigenvalue weighted by atomic mass is 9.89. The molecule has 0 aromatic heterocycles. The molecule has 1 unspecified atom stereocenters. The van der Waals surface area contributed by atoms with E-state index < -0.39 is 0 Å². The summed E-state index contributed by atoms with van der Waals surface area (Å²) >= 11 is 0. The molecule has 3 rings (SSSR count). The van der Waals surface area contributed by atoms with E-state index in [4.69, 9.17) is 23.7 Å². The minimum Gasteiger partial charge on any atom is -0.507 e. The number of phenolic OH excluding ortho intramolecular Hbond substituents is 1. The second-order valence-electron chi connectivity index (χ2n) is 9.06. The van der Waals surface area contributed by atoms with Gasteiger partial charge in [0.05, 0.1) is 40.1 Å². The van der Waals surface area contributed by atoms with Crippen molar-refractivity contribution < 1.29 is 28.8 Å². The Hall–Kier alpha value is -2.60. The topological polar surface area (TPSA) is 66.4 Å². The van der Waals surface area contributed by atoms with Gasteiger partial charge in [0.1, 0.15) is 11.5 Å². The maximum Gasteiger partial charge on any atom is 0.203 e. The molecule has 0 saturated heterocycles. The van der Waals surface area contributed by atoms with E-state index in [2.05, 4.69) is 6.92 Å². The van der Waals surface area contributed by atoms with Crippen LogP contribution in [0.25, 0.3) is 11.1 Å². The van der Waals surface area contributed by atoms with Crippen molar-refractivity contribution in [1.29, 1.82) is 0 Å². The van der Waals surface area contributed by atoms with Crippen molar-refractivity contribution in [3.8, 4) is 39.9 Å². The van der Waals surface area contributed by atoms with Crippen LogP contribution >= 0.6 is 0 Å². The summed E-state index contributed by atoms with van der Waals surface area (Å²) in [5.41, 5.74) is 3.79. The van der Waals surface area contributed by atoms with E-state index >= 15 is 0 Å². The molecule has 0 fully saturated rings. The molecule has 2 aromatic carbocycles. The van der Waals surface area contributed by atoms with Gasteiger partial charge in [-0.2, -0.15) is 0 Å². The molecule has 6 heteroatoms. The van der Waals surface area contributed by atoms with E-state index in [1.54, 1.807) is 28.4 Å². The second kappa shape index (κ2) is 9.49. The molecule has 1 aliphatic rings. The van der Waals surface area contributed by atoms with Crippen LogP contribution in [0.15, 0.2) is 12.1 Å². The first-order valence-electron chi connectivity index (χ1n) is 11.1. The van der Waals surface area contributed by atoms with Gasteiger partial charge in [-0.3, -0.25) is 0 Å². The zero-order valence-corrected chi connectivity index (χ0v) is 20.5. The van der Waals surface area contributed by atoms with E-state index in [-0.39, 0.29) is 17.5 Å². The molecule has 32 heavy (non-hydrogen) atoms. The monoisotopic (exact) mass is 444 g/mol. The van der Waals surface area contributed by atoms with Crippen LogP contribution in [0.3, 0.4) is 0 Å². The zero-order valence-electron chi connectivity index (χ0n) is 20.5. The Labute approximate surface area is 191 Å². The molecule has 0 amide bonds. The van der Waals surface area contributed by atoms with Crippen molar-refractivity contribution in [3.63, 3.8) is 0 Å². The molecule has 176 valence electrons. The van der Waals surface area contributed by atoms with E-state index in [9.17, 15) is 5.11 Å². The van der Waals surface area contributed by atoms with Crippen molar-refractivity contribution in [3.05, 3.63) is 28.8 Å². The number of aryl methyl sites for hydroxylation is 2. The Bertz CT molecular complexity index is 974. The van der Waals surface area contributed by atoms with Crippen LogP contribution in [0.4, 0.5) is 0 Å². The third-order valence-electron chi connectivity index (χ3n) is 5.78. The number of rotatable bonds is 7. The van der Waals surface area contributed by atoms with Crippen molar-refractivity contribution >= 4 is 0 Å². The molecule has 0 bridgehead atoms. The Morgan fingerprint density at radius 1 is 0.906 bits per heavy atom. The average molecular weight is 445 g/mol. The van der Waals surface area contributed by atoms with Crippen LogP contribution in [-0.4, -0.2) is 39.1 Å². The highest BCUT2D eigenvalue weighted by atomic mass is 16.5. The first kappa shape index (κ1) is 24.1. The first-order chi connectivity index (χ1) is 15.2. The SMILES string of the molecule is CCCc1cc(OC)c2c(c1O)-c1c(cc(OC)c(OC)c1OC)CCC2OC(C)(C)C. The summed E-state index contributed by atoms with van der Waals surface area (Å²) in [5.74, 6) is 2.56. The standard InChI is InChI=1S/C26H36O6/c1-9-10-16-14-18(28-5)21-17(32-26(2,3)4)12-11-15-13-19(29-6)24(30-7)25(31-8)20(15)22(21)23(16)27/h13-14,17,27H,9-12H2,1-8H3. The summed E-state index contributed by atoms with van der Waals surface area (Å²) in [6.45, 7) is 8.20. The lowest BCUT2D eigenvalue weighted by Crippen LogP contribution is -2.23. The molecule has 1 atom stereocenters. The largest absolute Gasteiger partial charge is 0.507 e. The number of benzene rings is 2. The lowest BCUT2D eigenvalue weighted by Gasteiger charge is -2.30. The number of hydrogen-bond donors (Lipinski definition) is 1. The number of ether oxygens (including phenoxy) is 5. The van der Waals surface area contributed by atoms with Crippen molar-refractivity contribution in [1.82, 2.24) is 0 Å². The Balaban J connectivity index is 2.46. The van der Waals surface area contributed by atoms with Gasteiger partial charge in [-0.15, -0.1) is 0 Å². The van der Waals surface area contributed by atoms with E-state index in [0.29, 0.717) is 35.0 Å². The van der Waals surface area contributed by atoms with Gasteiger partial charge in [0.2, 0.25) is 5.75 Å². The Morgan fingerprint density at radius 3 is 2.09 bits per heavy atom. The second-order valence-corrected chi connectivity index (χ2v) is 9.06. The predicted octanol–water partition coefficient (Wildman–Crippen LogP) is 5.85. The molecular formula is C26H36O6. The minimum atomic E-state index is -0.374. The lowest BCUT2D eigenvalue weighted by molar-refractivity contribution is -0.0651. The summed E-state index contributed by atoms with van der Waals surface area (Å²) in [5, 5.41) is 11.5. The third-order valence-corrected chi connectivity index (χ3v) is 5.78. The number of methoxy groups -OCH3 is 4. The zero-order chi connectivity index (χ0) is 23.6. The van der Waals surface area contributed by atoms with Crippen molar-refractivity contribution in [2.24, 2.45) is 0 Å². The Morgan fingerprint density at radius 2 is 1.56 bits per heavy atom. The molecule has 1 aliphatic carbocycles. The fraction of sp³-hybridized carbons (Fsp3) is 0.538. The molecule has 0 spiro atoms. The maximum atomic E-state index is 11.5. The first-order valence-corrected chi connectivity index (χ1v) is 11.1. The fourth-order valence-corrected chi connectivity index (χ4v) is 4.57. The quantitative estimate of drug-likeness (QED) is 0.578. The van der Waals surface area contributed by atoms with Crippen LogP contribution in [0.1, 0.15) is 63.3 Å². The van der Waals surface area contributed by atoms with Gasteiger partial charge in [-0.1, -0.05) is 13.3 Å². The van der Waals surface area contributed by atoms with Crippen molar-refractivity contribution in [2.75, 3.05) is 28.4 Å². The summed E-state index contributed by atoms with van der Waals surface area (Å²) in [7, 11) is 6.47.